The number of amides is 1. The van der Waals surface area contributed by atoms with Crippen LogP contribution in [0.1, 0.15) is 44.1 Å². The largest absolute Gasteiger partial charge is 0.467 e. The van der Waals surface area contributed by atoms with Gasteiger partial charge in [-0.25, -0.2) is 4.79 Å². The average Bonchev–Trinajstić information content (AvgIpc) is 2.61. The molecule has 0 saturated heterocycles. The molecule has 4 aliphatic rings. The molecule has 4 aliphatic carbocycles. The fourth-order valence-electron chi connectivity index (χ4n) is 5.92. The summed E-state index contributed by atoms with van der Waals surface area (Å²) in [6.45, 7) is 0. The second-order valence-electron chi connectivity index (χ2n) is 8.54. The first-order chi connectivity index (χ1) is 12.5. The fraction of sp³-hybridized carbons (Fsp3) is 0.619. The van der Waals surface area contributed by atoms with E-state index in [1.54, 1.807) is 6.07 Å². The molecule has 1 aromatic carbocycles. The zero-order valence-corrected chi connectivity index (χ0v) is 15.9. The van der Waals surface area contributed by atoms with E-state index in [9.17, 15) is 9.59 Å². The minimum Gasteiger partial charge on any atom is -0.467 e. The Labute approximate surface area is 159 Å². The Balaban J connectivity index is 1.51. The fourth-order valence-corrected chi connectivity index (χ4v) is 6.13. The molecule has 4 bridgehead atoms. The third-order valence-corrected chi connectivity index (χ3v) is 7.06. The van der Waals surface area contributed by atoms with Crippen molar-refractivity contribution in [1.29, 1.82) is 0 Å². The predicted octanol–water partition coefficient (Wildman–Crippen LogP) is 3.76. The van der Waals surface area contributed by atoms with Crippen LogP contribution >= 0.6 is 11.6 Å². The van der Waals surface area contributed by atoms with E-state index in [0.29, 0.717) is 29.2 Å². The number of nitrogens with one attached hydrogen (secondary N) is 1. The van der Waals surface area contributed by atoms with Gasteiger partial charge in [-0.15, -0.1) is 0 Å². The summed E-state index contributed by atoms with van der Waals surface area (Å²) in [5.74, 6) is 1.69. The van der Waals surface area contributed by atoms with Gasteiger partial charge in [-0.3, -0.25) is 4.79 Å². The Morgan fingerprint density at radius 1 is 1.15 bits per heavy atom. The van der Waals surface area contributed by atoms with Crippen LogP contribution in [0.5, 0.6) is 0 Å². The van der Waals surface area contributed by atoms with Crippen LogP contribution in [0.15, 0.2) is 24.3 Å². The first-order valence-electron chi connectivity index (χ1n) is 9.61. The number of hydrogen-bond acceptors (Lipinski definition) is 3. The molecule has 26 heavy (non-hydrogen) atoms. The maximum Gasteiger partial charge on any atom is 0.328 e. The van der Waals surface area contributed by atoms with E-state index >= 15 is 0 Å². The highest BCUT2D eigenvalue weighted by Crippen LogP contribution is 2.60. The lowest BCUT2D eigenvalue weighted by Gasteiger charge is -2.55. The van der Waals surface area contributed by atoms with Crippen molar-refractivity contribution in [3.8, 4) is 0 Å². The molecule has 0 aliphatic heterocycles. The van der Waals surface area contributed by atoms with E-state index in [1.165, 1.54) is 26.4 Å². The summed E-state index contributed by atoms with van der Waals surface area (Å²) in [6.07, 6.45) is 7.14. The summed E-state index contributed by atoms with van der Waals surface area (Å²) in [5.41, 5.74) is 0.567. The van der Waals surface area contributed by atoms with Gasteiger partial charge in [-0.1, -0.05) is 29.8 Å². The number of carbonyl (C=O) groups is 2. The lowest BCUT2D eigenvalue weighted by Crippen LogP contribution is -2.56. The molecule has 0 heterocycles. The highest BCUT2D eigenvalue weighted by Gasteiger charge is 2.55. The van der Waals surface area contributed by atoms with Gasteiger partial charge in [0.1, 0.15) is 6.04 Å². The van der Waals surface area contributed by atoms with E-state index in [2.05, 4.69) is 5.32 Å². The van der Waals surface area contributed by atoms with E-state index in [1.807, 2.05) is 18.2 Å². The first kappa shape index (κ1) is 17.8. The van der Waals surface area contributed by atoms with E-state index in [0.717, 1.165) is 24.8 Å². The Hall–Kier alpha value is -1.55. The van der Waals surface area contributed by atoms with Gasteiger partial charge in [0, 0.05) is 16.9 Å². The first-order valence-corrected chi connectivity index (χ1v) is 9.99. The van der Waals surface area contributed by atoms with Gasteiger partial charge in [0.15, 0.2) is 0 Å². The van der Waals surface area contributed by atoms with Crippen LogP contribution in [0.3, 0.4) is 0 Å². The third-order valence-electron chi connectivity index (χ3n) is 6.69. The molecule has 0 spiro atoms. The van der Waals surface area contributed by atoms with Crippen molar-refractivity contribution >= 4 is 23.5 Å². The summed E-state index contributed by atoms with van der Waals surface area (Å²) in [4.78, 5) is 25.6. The topological polar surface area (TPSA) is 55.4 Å². The number of ether oxygens (including phenoxy) is 1. The Kier molecular flexibility index (Phi) is 4.72. The summed E-state index contributed by atoms with van der Waals surface area (Å²) in [6, 6.07) is 6.73. The minimum absolute atomic E-state index is 0.0408. The molecule has 4 fully saturated rings. The minimum atomic E-state index is -0.694. The van der Waals surface area contributed by atoms with E-state index in [4.69, 9.17) is 16.3 Å². The number of carbonyl (C=O) groups excluding carboxylic acids is 2. The van der Waals surface area contributed by atoms with Crippen LogP contribution < -0.4 is 5.32 Å². The van der Waals surface area contributed by atoms with Crippen LogP contribution in [0.25, 0.3) is 0 Å². The van der Waals surface area contributed by atoms with Crippen molar-refractivity contribution < 1.29 is 14.3 Å². The van der Waals surface area contributed by atoms with Crippen LogP contribution in [0.2, 0.25) is 5.02 Å². The lowest BCUT2D eigenvalue weighted by atomic mass is 9.49. The summed E-state index contributed by atoms with van der Waals surface area (Å²) < 4.78 is 4.95. The zero-order chi connectivity index (χ0) is 18.3. The number of esters is 1. The Morgan fingerprint density at radius 2 is 1.73 bits per heavy atom. The van der Waals surface area contributed by atoms with E-state index < -0.39 is 12.0 Å². The lowest BCUT2D eigenvalue weighted by molar-refractivity contribution is -0.152. The van der Waals surface area contributed by atoms with Gasteiger partial charge in [0.2, 0.25) is 5.91 Å². The molecule has 1 amide bonds. The molecule has 5 heteroatoms. The molecule has 140 valence electrons. The molecular formula is C21H26ClNO3. The molecule has 1 N–H and O–H groups in total. The van der Waals surface area contributed by atoms with Gasteiger partial charge in [0.05, 0.1) is 7.11 Å². The van der Waals surface area contributed by atoms with Gasteiger partial charge >= 0.3 is 5.97 Å². The predicted molar refractivity (Wildman–Crippen MR) is 99.7 cm³/mol. The van der Waals surface area contributed by atoms with Crippen LogP contribution in [0, 0.1) is 23.2 Å². The molecule has 1 atom stereocenters. The van der Waals surface area contributed by atoms with Gasteiger partial charge in [0.25, 0.3) is 0 Å². The van der Waals surface area contributed by atoms with Crippen molar-refractivity contribution in [2.24, 2.45) is 23.2 Å². The Bertz CT molecular complexity index is 682. The van der Waals surface area contributed by atoms with Crippen molar-refractivity contribution in [3.05, 3.63) is 34.9 Å². The number of rotatable bonds is 5. The Morgan fingerprint density at radius 3 is 2.27 bits per heavy atom. The van der Waals surface area contributed by atoms with Crippen molar-refractivity contribution in [1.82, 2.24) is 5.32 Å². The molecule has 5 rings (SSSR count). The monoisotopic (exact) mass is 375 g/mol. The number of methoxy groups -OCH3 is 1. The highest BCUT2D eigenvalue weighted by molar-refractivity contribution is 6.31. The highest BCUT2D eigenvalue weighted by atomic mass is 35.5. The maximum atomic E-state index is 13.3. The second kappa shape index (κ2) is 6.88. The van der Waals surface area contributed by atoms with E-state index in [-0.39, 0.29) is 11.3 Å². The molecule has 4 nitrogen and oxygen atoms in total. The molecule has 4 saturated carbocycles. The van der Waals surface area contributed by atoms with Gasteiger partial charge < -0.3 is 10.1 Å². The number of benzene rings is 1. The van der Waals surface area contributed by atoms with Crippen LogP contribution in [0.4, 0.5) is 0 Å². The van der Waals surface area contributed by atoms with Crippen molar-refractivity contribution in [2.45, 2.75) is 51.0 Å². The summed E-state index contributed by atoms with van der Waals surface area (Å²) >= 11 is 6.24. The molecule has 0 aromatic heterocycles. The number of halogens is 1. The molecule has 0 radical (unpaired) electrons. The molecule has 1 aromatic rings. The molecule has 0 unspecified atom stereocenters. The average molecular weight is 376 g/mol. The third kappa shape index (κ3) is 3.24. The second-order valence-corrected chi connectivity index (χ2v) is 8.95. The number of hydrogen-bond donors (Lipinski definition) is 1. The van der Waals surface area contributed by atoms with Crippen molar-refractivity contribution in [3.63, 3.8) is 0 Å². The normalized spacial score (nSPS) is 32.9. The molecular weight excluding hydrogens is 350 g/mol. The van der Waals surface area contributed by atoms with Crippen LogP contribution in [-0.4, -0.2) is 25.0 Å². The smallest absolute Gasteiger partial charge is 0.328 e. The van der Waals surface area contributed by atoms with Gasteiger partial charge in [-0.05, 0) is 67.9 Å². The van der Waals surface area contributed by atoms with Crippen molar-refractivity contribution in [2.75, 3.05) is 7.11 Å². The quantitative estimate of drug-likeness (QED) is 0.797. The zero-order valence-electron chi connectivity index (χ0n) is 15.2. The van der Waals surface area contributed by atoms with Gasteiger partial charge in [-0.2, -0.15) is 0 Å². The summed E-state index contributed by atoms with van der Waals surface area (Å²) in [5, 5.41) is 3.63. The SMILES string of the molecule is COC(=O)[C@@H](Cc1ccccc1Cl)NC(=O)C12CC3CC(CC(C3)C1)C2. The maximum absolute atomic E-state index is 13.3. The summed E-state index contributed by atoms with van der Waals surface area (Å²) in [7, 11) is 1.36. The van der Waals surface area contributed by atoms with Crippen LogP contribution in [-0.2, 0) is 20.7 Å². The standard InChI is InChI=1S/C21H26ClNO3/c1-26-19(24)18(9-16-4-2-3-5-17(16)22)23-20(25)21-10-13-6-14(11-21)8-15(7-13)12-21/h2-5,13-15,18H,6-12H2,1H3,(H,23,25)/t13?,14?,15?,18-,21?/m1/s1.